The van der Waals surface area contributed by atoms with E-state index in [1.54, 1.807) is 6.92 Å². The van der Waals surface area contributed by atoms with Crippen LogP contribution in [0.5, 0.6) is 0 Å². The van der Waals surface area contributed by atoms with Gasteiger partial charge < -0.3 is 4.74 Å². The molecule has 0 amide bonds. The molecule has 0 aliphatic rings. The Hall–Kier alpha value is -1.71. The number of carbonyl (C=O) groups is 1. The quantitative estimate of drug-likeness (QED) is 0.496. The molecule has 0 fully saturated rings. The molecule has 1 rings (SSSR count). The first kappa shape index (κ1) is 16.3. The molecular weight excluding hydrogens is 312 g/mol. The molecule has 1 aromatic carbocycles. The van der Waals surface area contributed by atoms with Crippen LogP contribution >= 0.6 is 11.6 Å². The van der Waals surface area contributed by atoms with E-state index in [0.717, 1.165) is 12.1 Å². The molecule has 10 heteroatoms. The molecule has 8 nitrogen and oxygen atoms in total. The third kappa shape index (κ3) is 3.44. The SMILES string of the molecule is CCCOC(=O)c1ccc(S(N)(=O)=O)c(Cl)c1[N+](=O)[O-]. The number of ether oxygens (including phenoxy) is 1. The molecule has 0 heterocycles. The van der Waals surface area contributed by atoms with E-state index >= 15 is 0 Å². The molecule has 0 spiro atoms. The Kier molecular flexibility index (Phi) is 5.03. The fraction of sp³-hybridized carbons (Fsp3) is 0.300. The van der Waals surface area contributed by atoms with Crippen LogP contribution < -0.4 is 5.14 Å². The maximum Gasteiger partial charge on any atom is 0.345 e. The molecule has 0 aromatic heterocycles. The number of esters is 1. The van der Waals surface area contributed by atoms with Crippen LogP contribution in [0.1, 0.15) is 23.7 Å². The summed E-state index contributed by atoms with van der Waals surface area (Å²) in [4.78, 5) is 21.1. The van der Waals surface area contributed by atoms with Gasteiger partial charge in [0, 0.05) is 0 Å². The zero-order chi connectivity index (χ0) is 15.5. The van der Waals surface area contributed by atoms with Crippen LogP contribution in [0.15, 0.2) is 17.0 Å². The van der Waals surface area contributed by atoms with Gasteiger partial charge in [-0.15, -0.1) is 0 Å². The van der Waals surface area contributed by atoms with Crippen LogP contribution in [-0.4, -0.2) is 25.9 Å². The third-order valence-corrected chi connectivity index (χ3v) is 3.67. The largest absolute Gasteiger partial charge is 0.462 e. The van der Waals surface area contributed by atoms with Gasteiger partial charge in [-0.05, 0) is 18.6 Å². The number of nitrogens with zero attached hydrogens (tertiary/aromatic N) is 1. The van der Waals surface area contributed by atoms with Gasteiger partial charge in [-0.25, -0.2) is 18.4 Å². The highest BCUT2D eigenvalue weighted by atomic mass is 35.5. The van der Waals surface area contributed by atoms with E-state index in [-0.39, 0.29) is 6.61 Å². The van der Waals surface area contributed by atoms with Crippen molar-refractivity contribution in [1.29, 1.82) is 0 Å². The fourth-order valence-electron chi connectivity index (χ4n) is 1.38. The lowest BCUT2D eigenvalue weighted by Gasteiger charge is -2.07. The van der Waals surface area contributed by atoms with Gasteiger partial charge in [-0.3, -0.25) is 10.1 Å². The number of hydrogen-bond acceptors (Lipinski definition) is 6. The van der Waals surface area contributed by atoms with Crippen molar-refractivity contribution in [2.75, 3.05) is 6.61 Å². The Bertz CT molecular complexity index is 658. The minimum atomic E-state index is -4.24. The Morgan fingerprint density at radius 3 is 2.55 bits per heavy atom. The molecule has 0 radical (unpaired) electrons. The van der Waals surface area contributed by atoms with E-state index in [2.05, 4.69) is 0 Å². The van der Waals surface area contributed by atoms with Crippen LogP contribution in [0.25, 0.3) is 0 Å². The summed E-state index contributed by atoms with van der Waals surface area (Å²) < 4.78 is 27.2. The zero-order valence-electron chi connectivity index (χ0n) is 10.3. The lowest BCUT2D eigenvalue weighted by Crippen LogP contribution is -2.15. The highest BCUT2D eigenvalue weighted by Gasteiger charge is 2.30. The van der Waals surface area contributed by atoms with E-state index in [9.17, 15) is 23.3 Å². The van der Waals surface area contributed by atoms with Crippen molar-refractivity contribution in [2.24, 2.45) is 5.14 Å². The maximum absolute atomic E-state index is 11.7. The fourth-order valence-corrected chi connectivity index (χ4v) is 2.54. The number of carbonyl (C=O) groups excluding carboxylic acids is 1. The molecule has 0 aliphatic carbocycles. The highest BCUT2D eigenvalue weighted by molar-refractivity contribution is 7.89. The highest BCUT2D eigenvalue weighted by Crippen LogP contribution is 2.34. The van der Waals surface area contributed by atoms with Crippen molar-refractivity contribution < 1.29 is 22.9 Å². The average molecular weight is 323 g/mol. The number of hydrogen-bond donors (Lipinski definition) is 1. The molecule has 20 heavy (non-hydrogen) atoms. The first-order chi connectivity index (χ1) is 9.20. The second-order valence-electron chi connectivity index (χ2n) is 3.71. The van der Waals surface area contributed by atoms with E-state index in [4.69, 9.17) is 21.5 Å². The minimum Gasteiger partial charge on any atom is -0.462 e. The summed E-state index contributed by atoms with van der Waals surface area (Å²) in [5.74, 6) is -0.957. The Labute approximate surface area is 119 Å². The van der Waals surface area contributed by atoms with Crippen molar-refractivity contribution in [1.82, 2.24) is 0 Å². The first-order valence-electron chi connectivity index (χ1n) is 5.37. The molecule has 0 unspecified atom stereocenters. The van der Waals surface area contributed by atoms with E-state index in [1.165, 1.54) is 0 Å². The second kappa shape index (κ2) is 6.16. The number of benzene rings is 1. The van der Waals surface area contributed by atoms with Gasteiger partial charge >= 0.3 is 11.7 Å². The van der Waals surface area contributed by atoms with Gasteiger partial charge in [0.1, 0.15) is 15.5 Å². The molecule has 110 valence electrons. The van der Waals surface area contributed by atoms with Crippen LogP contribution in [0, 0.1) is 10.1 Å². The number of primary sulfonamides is 1. The topological polar surface area (TPSA) is 130 Å². The Morgan fingerprint density at radius 1 is 1.50 bits per heavy atom. The van der Waals surface area contributed by atoms with Crippen LogP contribution in [0.3, 0.4) is 0 Å². The first-order valence-corrected chi connectivity index (χ1v) is 7.29. The van der Waals surface area contributed by atoms with Crippen molar-refractivity contribution >= 4 is 33.3 Å². The summed E-state index contributed by atoms with van der Waals surface area (Å²) in [5.41, 5.74) is -1.28. The van der Waals surface area contributed by atoms with Gasteiger partial charge in [0.25, 0.3) is 0 Å². The van der Waals surface area contributed by atoms with Gasteiger partial charge in [0.2, 0.25) is 10.0 Å². The Balaban J connectivity index is 3.46. The molecule has 0 aliphatic heterocycles. The lowest BCUT2D eigenvalue weighted by atomic mass is 10.2. The maximum atomic E-state index is 11.7. The molecular formula is C10H11ClN2O6S. The van der Waals surface area contributed by atoms with Gasteiger partial charge in [-0.2, -0.15) is 0 Å². The van der Waals surface area contributed by atoms with Crippen molar-refractivity contribution in [3.8, 4) is 0 Å². The Morgan fingerprint density at radius 2 is 2.10 bits per heavy atom. The number of nitro benzene ring substituents is 1. The predicted octanol–water partition coefficient (Wildman–Crippen LogP) is 1.46. The number of nitrogens with two attached hydrogens (primary N) is 1. The van der Waals surface area contributed by atoms with Crippen molar-refractivity contribution in [2.45, 2.75) is 18.2 Å². The second-order valence-corrected chi connectivity index (χ2v) is 5.62. The normalized spacial score (nSPS) is 11.2. The molecule has 0 saturated heterocycles. The average Bonchev–Trinajstić information content (AvgIpc) is 2.33. The summed E-state index contributed by atoms with van der Waals surface area (Å²) in [7, 11) is -4.24. The molecule has 1 aromatic rings. The van der Waals surface area contributed by atoms with Crippen molar-refractivity contribution in [3.05, 3.63) is 32.8 Å². The van der Waals surface area contributed by atoms with Gasteiger partial charge in [0.15, 0.2) is 0 Å². The van der Waals surface area contributed by atoms with E-state index in [0.29, 0.717) is 6.42 Å². The predicted molar refractivity (Wildman–Crippen MR) is 70.1 cm³/mol. The minimum absolute atomic E-state index is 0.0740. The summed E-state index contributed by atoms with van der Waals surface area (Å²) >= 11 is 5.66. The number of sulfonamides is 1. The molecule has 0 atom stereocenters. The smallest absolute Gasteiger partial charge is 0.345 e. The van der Waals surface area contributed by atoms with E-state index in [1.807, 2.05) is 0 Å². The zero-order valence-corrected chi connectivity index (χ0v) is 11.9. The lowest BCUT2D eigenvalue weighted by molar-refractivity contribution is -0.385. The van der Waals surface area contributed by atoms with Crippen LogP contribution in [0.4, 0.5) is 5.69 Å². The molecule has 0 saturated carbocycles. The summed E-state index contributed by atoms with van der Waals surface area (Å²) in [6.45, 7) is 1.82. The summed E-state index contributed by atoms with van der Waals surface area (Å²) in [5, 5.41) is 15.1. The monoisotopic (exact) mass is 322 g/mol. The summed E-state index contributed by atoms with van der Waals surface area (Å²) in [6.07, 6.45) is 0.530. The number of rotatable bonds is 5. The third-order valence-electron chi connectivity index (χ3n) is 2.23. The molecule has 0 bridgehead atoms. The van der Waals surface area contributed by atoms with E-state index < -0.39 is 42.1 Å². The molecule has 2 N–H and O–H groups in total. The number of nitro groups is 1. The summed E-state index contributed by atoms with van der Waals surface area (Å²) in [6, 6.07) is 1.87. The number of halogens is 1. The van der Waals surface area contributed by atoms with Gasteiger partial charge in [0.05, 0.1) is 11.5 Å². The standard InChI is InChI=1S/C10H11ClN2O6S/c1-2-5-19-10(14)6-3-4-7(20(12,17)18)8(11)9(6)13(15)16/h3-4H,2,5H2,1H3,(H2,12,17,18). The van der Waals surface area contributed by atoms with Crippen molar-refractivity contribution in [3.63, 3.8) is 0 Å². The van der Waals surface area contributed by atoms with Crippen LogP contribution in [0.2, 0.25) is 5.02 Å². The van der Waals surface area contributed by atoms with Gasteiger partial charge in [-0.1, -0.05) is 18.5 Å². The van der Waals surface area contributed by atoms with Crippen LogP contribution in [-0.2, 0) is 14.8 Å².